The van der Waals surface area contributed by atoms with Crippen molar-refractivity contribution in [2.24, 2.45) is 0 Å². The van der Waals surface area contributed by atoms with Gasteiger partial charge in [0, 0.05) is 31.4 Å². The largest absolute Gasteiger partial charge is 0.385 e. The first-order chi connectivity index (χ1) is 9.88. The van der Waals surface area contributed by atoms with Crippen molar-refractivity contribution in [2.45, 2.75) is 32.1 Å². The molecule has 0 unspecified atom stereocenters. The minimum Gasteiger partial charge on any atom is -0.385 e. The summed E-state index contributed by atoms with van der Waals surface area (Å²) in [6, 6.07) is 4.09. The third kappa shape index (κ3) is 3.92. The summed E-state index contributed by atoms with van der Waals surface area (Å²) in [5.74, 6) is 0. The van der Waals surface area contributed by atoms with E-state index in [1.165, 1.54) is 22.5 Å². The minimum absolute atomic E-state index is 0.266. The maximum absolute atomic E-state index is 12.5. The summed E-state index contributed by atoms with van der Waals surface area (Å²) in [4.78, 5) is 10.2. The van der Waals surface area contributed by atoms with Crippen molar-refractivity contribution in [3.05, 3.63) is 28.3 Å². The van der Waals surface area contributed by atoms with Crippen LogP contribution in [0.15, 0.2) is 23.1 Å². The smallest absolute Gasteiger partial charge is 0.289 e. The van der Waals surface area contributed by atoms with Gasteiger partial charge in [-0.05, 0) is 18.6 Å². The van der Waals surface area contributed by atoms with Crippen LogP contribution in [0.2, 0.25) is 0 Å². The summed E-state index contributed by atoms with van der Waals surface area (Å²) in [7, 11) is -3.87. The zero-order valence-corrected chi connectivity index (χ0v) is 13.3. The molecule has 8 heteroatoms. The van der Waals surface area contributed by atoms with E-state index in [1.807, 2.05) is 6.92 Å². The Kier molecular flexibility index (Phi) is 6.10. The lowest BCUT2D eigenvalue weighted by atomic mass is 10.3. The summed E-state index contributed by atoms with van der Waals surface area (Å²) in [6.45, 7) is 6.58. The lowest BCUT2D eigenvalue weighted by Gasteiger charge is -2.19. The zero-order valence-electron chi connectivity index (χ0n) is 12.5. The molecule has 0 aliphatic heterocycles. The number of hydrogen-bond donors (Lipinski definition) is 1. The van der Waals surface area contributed by atoms with E-state index in [-0.39, 0.29) is 18.0 Å². The van der Waals surface area contributed by atoms with Crippen LogP contribution in [0, 0.1) is 10.1 Å². The second kappa shape index (κ2) is 7.37. The first-order valence-electron chi connectivity index (χ1n) is 6.90. The number of nitro benzene ring substituents is 1. The van der Waals surface area contributed by atoms with E-state index >= 15 is 0 Å². The SMILES string of the molecule is CCCNc1ccc([N+](=O)[O-])c(S(=O)(=O)N(CC)CC)c1. The lowest BCUT2D eigenvalue weighted by Crippen LogP contribution is -2.31. The van der Waals surface area contributed by atoms with Crippen molar-refractivity contribution in [1.29, 1.82) is 0 Å². The van der Waals surface area contributed by atoms with Gasteiger partial charge in [0.2, 0.25) is 10.0 Å². The fourth-order valence-electron chi connectivity index (χ4n) is 1.95. The molecular formula is C13H21N3O4S. The Balaban J connectivity index is 3.38. The van der Waals surface area contributed by atoms with Gasteiger partial charge in [-0.15, -0.1) is 0 Å². The van der Waals surface area contributed by atoms with Crippen LogP contribution >= 0.6 is 0 Å². The molecular weight excluding hydrogens is 294 g/mol. The highest BCUT2D eigenvalue weighted by Gasteiger charge is 2.30. The Morgan fingerprint density at radius 3 is 2.33 bits per heavy atom. The Hall–Kier alpha value is -1.67. The van der Waals surface area contributed by atoms with Gasteiger partial charge in [0.25, 0.3) is 5.69 Å². The summed E-state index contributed by atoms with van der Waals surface area (Å²) in [6.07, 6.45) is 0.870. The van der Waals surface area contributed by atoms with Crippen molar-refractivity contribution < 1.29 is 13.3 Å². The van der Waals surface area contributed by atoms with Crippen LogP contribution in [0.5, 0.6) is 0 Å². The van der Waals surface area contributed by atoms with E-state index in [1.54, 1.807) is 13.8 Å². The van der Waals surface area contributed by atoms with Gasteiger partial charge in [0.15, 0.2) is 4.90 Å². The molecule has 1 N–H and O–H groups in total. The Labute approximate surface area is 125 Å². The highest BCUT2D eigenvalue weighted by atomic mass is 32.2. The van der Waals surface area contributed by atoms with E-state index in [0.29, 0.717) is 12.2 Å². The fraction of sp³-hybridized carbons (Fsp3) is 0.538. The van der Waals surface area contributed by atoms with Crippen molar-refractivity contribution in [3.8, 4) is 0 Å². The third-order valence-electron chi connectivity index (χ3n) is 3.06. The van der Waals surface area contributed by atoms with E-state index in [2.05, 4.69) is 5.32 Å². The van der Waals surface area contributed by atoms with Crippen LogP contribution in [-0.2, 0) is 10.0 Å². The molecule has 0 saturated heterocycles. The monoisotopic (exact) mass is 315 g/mol. The Morgan fingerprint density at radius 2 is 1.86 bits per heavy atom. The fourth-order valence-corrected chi connectivity index (χ4v) is 3.59. The van der Waals surface area contributed by atoms with Gasteiger partial charge >= 0.3 is 0 Å². The van der Waals surface area contributed by atoms with Crippen molar-refractivity contribution in [2.75, 3.05) is 25.0 Å². The Bertz CT molecular complexity index is 597. The van der Waals surface area contributed by atoms with Gasteiger partial charge in [-0.3, -0.25) is 10.1 Å². The molecule has 0 aromatic heterocycles. The second-order valence-corrected chi connectivity index (χ2v) is 6.36. The molecule has 0 aliphatic carbocycles. The van der Waals surface area contributed by atoms with Gasteiger partial charge in [0.1, 0.15) is 0 Å². The van der Waals surface area contributed by atoms with Crippen molar-refractivity contribution in [3.63, 3.8) is 0 Å². The van der Waals surface area contributed by atoms with E-state index in [9.17, 15) is 18.5 Å². The van der Waals surface area contributed by atoms with Crippen LogP contribution in [-0.4, -0.2) is 37.3 Å². The summed E-state index contributed by atoms with van der Waals surface area (Å²) < 4.78 is 26.3. The van der Waals surface area contributed by atoms with Gasteiger partial charge in [-0.25, -0.2) is 8.42 Å². The van der Waals surface area contributed by atoms with Crippen LogP contribution in [0.3, 0.4) is 0 Å². The summed E-state index contributed by atoms with van der Waals surface area (Å²) in [5, 5.41) is 14.1. The number of nitrogens with one attached hydrogen (secondary N) is 1. The number of anilines is 1. The molecule has 0 radical (unpaired) electrons. The molecule has 1 aromatic carbocycles. The molecule has 7 nitrogen and oxygen atoms in total. The molecule has 0 atom stereocenters. The molecule has 1 aromatic rings. The molecule has 0 heterocycles. The first kappa shape index (κ1) is 17.4. The Morgan fingerprint density at radius 1 is 1.24 bits per heavy atom. The molecule has 118 valence electrons. The maximum atomic E-state index is 12.5. The standard InChI is InChI=1S/C13H21N3O4S/c1-4-9-14-11-7-8-12(16(17)18)13(10-11)21(19,20)15(5-2)6-3/h7-8,10,14H,4-6,9H2,1-3H3. The number of nitro groups is 1. The average Bonchev–Trinajstić information content (AvgIpc) is 2.45. The second-order valence-electron chi connectivity index (χ2n) is 4.46. The van der Waals surface area contributed by atoms with Gasteiger partial charge in [-0.1, -0.05) is 20.8 Å². The normalized spacial score (nSPS) is 11.6. The number of rotatable bonds is 8. The van der Waals surface area contributed by atoms with E-state index < -0.39 is 20.6 Å². The number of hydrogen-bond acceptors (Lipinski definition) is 5. The number of sulfonamides is 1. The maximum Gasteiger partial charge on any atom is 0.289 e. The van der Waals surface area contributed by atoms with E-state index in [0.717, 1.165) is 6.42 Å². The highest BCUT2D eigenvalue weighted by molar-refractivity contribution is 7.89. The van der Waals surface area contributed by atoms with Crippen LogP contribution in [0.25, 0.3) is 0 Å². The molecule has 1 rings (SSSR count). The van der Waals surface area contributed by atoms with Gasteiger partial charge in [-0.2, -0.15) is 4.31 Å². The molecule has 21 heavy (non-hydrogen) atoms. The average molecular weight is 315 g/mol. The molecule has 0 spiro atoms. The summed E-state index contributed by atoms with van der Waals surface area (Å²) >= 11 is 0. The molecule has 0 fully saturated rings. The molecule has 0 saturated carbocycles. The van der Waals surface area contributed by atoms with E-state index in [4.69, 9.17) is 0 Å². The number of benzene rings is 1. The quantitative estimate of drug-likeness (QED) is 0.587. The molecule has 0 bridgehead atoms. The first-order valence-corrected chi connectivity index (χ1v) is 8.34. The highest BCUT2D eigenvalue weighted by Crippen LogP contribution is 2.29. The van der Waals surface area contributed by atoms with Gasteiger partial charge in [0.05, 0.1) is 4.92 Å². The van der Waals surface area contributed by atoms with Crippen molar-refractivity contribution in [1.82, 2.24) is 4.31 Å². The minimum atomic E-state index is -3.87. The zero-order chi connectivity index (χ0) is 16.0. The molecule has 0 aliphatic rings. The molecule has 0 amide bonds. The third-order valence-corrected chi connectivity index (χ3v) is 5.14. The summed E-state index contributed by atoms with van der Waals surface area (Å²) in [5.41, 5.74) is 0.164. The van der Waals surface area contributed by atoms with Gasteiger partial charge < -0.3 is 5.32 Å². The number of nitrogens with zero attached hydrogens (tertiary/aromatic N) is 2. The van der Waals surface area contributed by atoms with Crippen molar-refractivity contribution >= 4 is 21.4 Å². The predicted octanol–water partition coefficient (Wildman–Crippen LogP) is 2.45. The lowest BCUT2D eigenvalue weighted by molar-refractivity contribution is -0.387. The van der Waals surface area contributed by atoms with Crippen LogP contribution in [0.4, 0.5) is 11.4 Å². The topological polar surface area (TPSA) is 92.5 Å². The van der Waals surface area contributed by atoms with Crippen LogP contribution < -0.4 is 5.32 Å². The van der Waals surface area contributed by atoms with Crippen LogP contribution in [0.1, 0.15) is 27.2 Å². The predicted molar refractivity (Wildman–Crippen MR) is 82.0 cm³/mol.